The monoisotopic (exact) mass is 548 g/mol. The predicted octanol–water partition coefficient (Wildman–Crippen LogP) is 8.00. The maximum Gasteiger partial charge on any atom is 0.264 e. The maximum atomic E-state index is 12.8. The van der Waals surface area contributed by atoms with Gasteiger partial charge in [-0.3, -0.25) is 4.79 Å². The number of benzene rings is 4. The third-order valence-corrected chi connectivity index (χ3v) is 7.45. The number of aliphatic imine (C=N–C) groups is 1. The highest BCUT2D eigenvalue weighted by Crippen LogP contribution is 2.37. The van der Waals surface area contributed by atoms with Gasteiger partial charge in [0.05, 0.1) is 17.2 Å². The van der Waals surface area contributed by atoms with Crippen molar-refractivity contribution in [2.45, 2.75) is 33.3 Å². The quantitative estimate of drug-likeness (QED) is 0.161. The smallest absolute Gasteiger partial charge is 0.264 e. The van der Waals surface area contributed by atoms with Crippen molar-refractivity contribution in [3.8, 4) is 11.5 Å². The molecule has 0 atom stereocenters. The number of hydrogen-bond acceptors (Lipinski definition) is 5. The van der Waals surface area contributed by atoms with Crippen molar-refractivity contribution in [3.63, 3.8) is 0 Å². The summed E-state index contributed by atoms with van der Waals surface area (Å²) in [5.41, 5.74) is 4.93. The Morgan fingerprint density at radius 3 is 2.45 bits per heavy atom. The highest BCUT2D eigenvalue weighted by atomic mass is 32.2. The van der Waals surface area contributed by atoms with E-state index < -0.39 is 0 Å². The highest BCUT2D eigenvalue weighted by molar-refractivity contribution is 8.18. The molecule has 0 spiro atoms. The second kappa shape index (κ2) is 12.7. The maximum absolute atomic E-state index is 12.8. The van der Waals surface area contributed by atoms with Gasteiger partial charge in [-0.1, -0.05) is 61.5 Å². The molecule has 0 radical (unpaired) electrons. The van der Waals surface area contributed by atoms with Crippen molar-refractivity contribution in [2.24, 2.45) is 4.99 Å². The Hall–Kier alpha value is -4.29. The molecule has 0 unspecified atom stereocenters. The van der Waals surface area contributed by atoms with E-state index in [4.69, 9.17) is 9.47 Å². The molecule has 1 aliphatic heterocycles. The molecule has 5 nitrogen and oxygen atoms in total. The summed E-state index contributed by atoms with van der Waals surface area (Å²) in [7, 11) is 0. The van der Waals surface area contributed by atoms with Gasteiger partial charge in [0.2, 0.25) is 0 Å². The first-order chi connectivity index (χ1) is 19.6. The van der Waals surface area contributed by atoms with Crippen LogP contribution in [0.2, 0.25) is 0 Å². The number of ether oxygens (including phenoxy) is 2. The van der Waals surface area contributed by atoms with Crippen molar-refractivity contribution < 1.29 is 14.3 Å². The molecule has 0 aliphatic carbocycles. The minimum absolute atomic E-state index is 0.172. The molecule has 1 N–H and O–H groups in total. The summed E-state index contributed by atoms with van der Waals surface area (Å²) < 4.78 is 12.4. The van der Waals surface area contributed by atoms with Gasteiger partial charge in [0, 0.05) is 5.56 Å². The molecule has 0 aromatic heterocycles. The number of thioether (sulfide) groups is 1. The third-order valence-electron chi connectivity index (χ3n) is 6.54. The van der Waals surface area contributed by atoms with E-state index in [9.17, 15) is 4.79 Å². The molecule has 0 saturated carbocycles. The first-order valence-electron chi connectivity index (χ1n) is 13.5. The lowest BCUT2D eigenvalue weighted by Gasteiger charge is -2.17. The van der Waals surface area contributed by atoms with Crippen LogP contribution in [0.25, 0.3) is 16.8 Å². The second-order valence-electron chi connectivity index (χ2n) is 9.41. The molecule has 0 bridgehead atoms. The standard InChI is InChI=1S/C34H32N2O3S/c1-4-9-28-19-25(21-31-33(37)36-34(40-31)35-29-16-13-23(5-2)14-17-29)20-30(38-6-3)32(28)39-22-24-12-15-26-10-7-8-11-27(26)18-24/h4,7-8,10-21H,1,5-6,9,22H2,2-3H3,(H,35,36,37)/b31-21-. The highest BCUT2D eigenvalue weighted by Gasteiger charge is 2.24. The van der Waals surface area contributed by atoms with Gasteiger partial charge in [-0.05, 0) is 95.4 Å². The molecule has 1 fully saturated rings. The Bertz CT molecular complexity index is 1610. The van der Waals surface area contributed by atoms with Crippen LogP contribution in [0.1, 0.15) is 36.1 Å². The van der Waals surface area contributed by atoms with Crippen LogP contribution in [0.4, 0.5) is 5.69 Å². The molecular formula is C34H32N2O3S. The minimum atomic E-state index is -0.172. The molecule has 40 heavy (non-hydrogen) atoms. The molecule has 202 valence electrons. The first-order valence-corrected chi connectivity index (χ1v) is 14.3. The Labute approximate surface area is 239 Å². The molecule has 1 saturated heterocycles. The second-order valence-corrected chi connectivity index (χ2v) is 10.4. The van der Waals surface area contributed by atoms with E-state index in [2.05, 4.69) is 66.3 Å². The number of amides is 1. The van der Waals surface area contributed by atoms with Gasteiger partial charge in [-0.2, -0.15) is 0 Å². The van der Waals surface area contributed by atoms with Crippen LogP contribution >= 0.6 is 11.8 Å². The van der Waals surface area contributed by atoms with Gasteiger partial charge in [-0.15, -0.1) is 6.58 Å². The van der Waals surface area contributed by atoms with Crippen LogP contribution in [0.5, 0.6) is 11.5 Å². The number of nitrogens with one attached hydrogen (secondary N) is 1. The average molecular weight is 549 g/mol. The normalized spacial score (nSPS) is 15.0. The topological polar surface area (TPSA) is 59.9 Å². The van der Waals surface area contributed by atoms with Crippen molar-refractivity contribution >= 4 is 45.4 Å². The predicted molar refractivity (Wildman–Crippen MR) is 166 cm³/mol. The Morgan fingerprint density at radius 1 is 0.925 bits per heavy atom. The lowest BCUT2D eigenvalue weighted by atomic mass is 10.0. The summed E-state index contributed by atoms with van der Waals surface area (Å²) in [4.78, 5) is 17.9. The zero-order valence-corrected chi connectivity index (χ0v) is 23.6. The molecule has 1 amide bonds. The zero-order valence-electron chi connectivity index (χ0n) is 22.8. The van der Waals surface area contributed by atoms with E-state index in [0.717, 1.165) is 28.8 Å². The Balaban J connectivity index is 1.40. The molecule has 4 aromatic rings. The Morgan fingerprint density at radius 2 is 1.70 bits per heavy atom. The molecular weight excluding hydrogens is 516 g/mol. The van der Waals surface area contributed by atoms with Gasteiger partial charge in [-0.25, -0.2) is 4.99 Å². The van der Waals surface area contributed by atoms with Crippen molar-refractivity contribution in [2.75, 3.05) is 6.61 Å². The molecule has 1 heterocycles. The number of hydrogen-bond donors (Lipinski definition) is 1. The summed E-state index contributed by atoms with van der Waals surface area (Å²) in [5.74, 6) is 1.16. The van der Waals surface area contributed by atoms with Crippen LogP contribution in [0.3, 0.4) is 0 Å². The van der Waals surface area contributed by atoms with Gasteiger partial charge in [0.15, 0.2) is 16.7 Å². The van der Waals surface area contributed by atoms with Crippen molar-refractivity contribution in [1.29, 1.82) is 0 Å². The van der Waals surface area contributed by atoms with Crippen molar-refractivity contribution in [3.05, 3.63) is 119 Å². The number of allylic oxidation sites excluding steroid dienone is 1. The lowest BCUT2D eigenvalue weighted by Crippen LogP contribution is -2.19. The molecule has 1 aliphatic rings. The number of amidine groups is 1. The number of nitrogens with zero attached hydrogens (tertiary/aromatic N) is 1. The van der Waals surface area contributed by atoms with E-state index in [1.165, 1.54) is 28.1 Å². The van der Waals surface area contributed by atoms with Gasteiger partial charge < -0.3 is 14.8 Å². The van der Waals surface area contributed by atoms with Crippen LogP contribution in [0.15, 0.2) is 101 Å². The van der Waals surface area contributed by atoms with Crippen LogP contribution in [-0.4, -0.2) is 17.7 Å². The summed E-state index contributed by atoms with van der Waals surface area (Å²) in [6.45, 7) is 8.90. The fraction of sp³-hybridized carbons (Fsp3) is 0.176. The van der Waals surface area contributed by atoms with Crippen LogP contribution in [0, 0.1) is 0 Å². The van der Waals surface area contributed by atoms with E-state index in [1.807, 2.05) is 55.5 Å². The van der Waals surface area contributed by atoms with Crippen LogP contribution in [-0.2, 0) is 24.2 Å². The number of rotatable bonds is 10. The number of carbonyl (C=O) groups is 1. The summed E-state index contributed by atoms with van der Waals surface area (Å²) in [6.07, 6.45) is 5.28. The average Bonchev–Trinajstić information content (AvgIpc) is 3.31. The fourth-order valence-corrected chi connectivity index (χ4v) is 5.38. The molecule has 6 heteroatoms. The minimum Gasteiger partial charge on any atom is -0.490 e. The van der Waals surface area contributed by atoms with Crippen molar-refractivity contribution in [1.82, 2.24) is 5.32 Å². The number of aryl methyl sites for hydroxylation is 1. The van der Waals surface area contributed by atoms with Gasteiger partial charge in [0.25, 0.3) is 5.91 Å². The van der Waals surface area contributed by atoms with E-state index >= 15 is 0 Å². The SMILES string of the molecule is C=CCc1cc(/C=C2\SC(=Nc3ccc(CC)cc3)NC2=O)cc(OCC)c1OCc1ccc2ccccc2c1. The van der Waals surface area contributed by atoms with E-state index in [-0.39, 0.29) is 5.91 Å². The summed E-state index contributed by atoms with van der Waals surface area (Å²) in [6, 6.07) is 26.6. The van der Waals surface area contributed by atoms with Gasteiger partial charge in [0.1, 0.15) is 6.61 Å². The summed E-state index contributed by atoms with van der Waals surface area (Å²) >= 11 is 1.33. The molecule has 5 rings (SSSR count). The lowest BCUT2D eigenvalue weighted by molar-refractivity contribution is -0.115. The van der Waals surface area contributed by atoms with Crippen LogP contribution < -0.4 is 14.8 Å². The zero-order chi connectivity index (χ0) is 27.9. The first kappa shape index (κ1) is 27.3. The largest absolute Gasteiger partial charge is 0.490 e. The summed E-state index contributed by atoms with van der Waals surface area (Å²) in [5, 5.41) is 5.81. The Kier molecular flexibility index (Phi) is 8.67. The third kappa shape index (κ3) is 6.46. The van der Waals surface area contributed by atoms with E-state index in [0.29, 0.717) is 41.2 Å². The fourth-order valence-electron chi connectivity index (χ4n) is 4.54. The number of fused-ring (bicyclic) bond motifs is 1. The van der Waals surface area contributed by atoms with Gasteiger partial charge >= 0.3 is 0 Å². The van der Waals surface area contributed by atoms with E-state index in [1.54, 1.807) is 0 Å². The number of carbonyl (C=O) groups excluding carboxylic acids is 1. The molecule has 4 aromatic carbocycles.